The molecule has 1 aliphatic rings. The molecule has 0 N–H and O–H groups in total. The van der Waals surface area contributed by atoms with Gasteiger partial charge in [-0.25, -0.2) is 8.78 Å². The van der Waals surface area contributed by atoms with Crippen LogP contribution in [0.1, 0.15) is 34.1 Å². The number of rotatable bonds is 3. The second kappa shape index (κ2) is 7.93. The van der Waals surface area contributed by atoms with E-state index in [9.17, 15) is 13.6 Å². The van der Waals surface area contributed by atoms with Crippen LogP contribution in [0.4, 0.5) is 8.78 Å². The highest BCUT2D eigenvalue weighted by Crippen LogP contribution is 2.34. The summed E-state index contributed by atoms with van der Waals surface area (Å²) in [4.78, 5) is 14.4. The predicted octanol–water partition coefficient (Wildman–Crippen LogP) is 5.16. The minimum atomic E-state index is -0.647. The average Bonchev–Trinajstić information content (AvgIpc) is 3.18. The van der Waals surface area contributed by atoms with Crippen molar-refractivity contribution < 1.29 is 13.6 Å². The fourth-order valence-corrected chi connectivity index (χ4v) is 4.44. The minimum Gasteiger partial charge on any atom is -0.339 e. The molecule has 1 fully saturated rings. The van der Waals surface area contributed by atoms with Crippen molar-refractivity contribution in [2.45, 2.75) is 18.8 Å². The third kappa shape index (κ3) is 3.91. The van der Waals surface area contributed by atoms with Gasteiger partial charge in [-0.2, -0.15) is 0 Å². The molecule has 1 aliphatic heterocycles. The number of benzene rings is 2. The quantitative estimate of drug-likeness (QED) is 0.589. The van der Waals surface area contributed by atoms with E-state index in [4.69, 9.17) is 11.6 Å². The van der Waals surface area contributed by atoms with Gasteiger partial charge in [0.2, 0.25) is 0 Å². The molecule has 0 atom stereocenters. The summed E-state index contributed by atoms with van der Waals surface area (Å²) in [7, 11) is 0. The van der Waals surface area contributed by atoms with E-state index in [2.05, 4.69) is 10.2 Å². The lowest BCUT2D eigenvalue weighted by atomic mass is 9.97. The summed E-state index contributed by atoms with van der Waals surface area (Å²) in [6.07, 6.45) is 1.53. The molecule has 8 heteroatoms. The van der Waals surface area contributed by atoms with Crippen LogP contribution in [0.15, 0.2) is 42.5 Å². The van der Waals surface area contributed by atoms with E-state index in [0.29, 0.717) is 28.7 Å². The van der Waals surface area contributed by atoms with Gasteiger partial charge in [0.25, 0.3) is 5.91 Å². The van der Waals surface area contributed by atoms with E-state index in [1.54, 1.807) is 24.3 Å². The lowest BCUT2D eigenvalue weighted by Crippen LogP contribution is -2.37. The van der Waals surface area contributed by atoms with E-state index < -0.39 is 11.6 Å². The van der Waals surface area contributed by atoms with E-state index >= 15 is 0 Å². The van der Waals surface area contributed by atoms with Crippen molar-refractivity contribution in [3.8, 4) is 10.6 Å². The zero-order valence-corrected chi connectivity index (χ0v) is 16.3. The number of piperidine rings is 1. The van der Waals surface area contributed by atoms with Gasteiger partial charge in [0.15, 0.2) is 5.01 Å². The fourth-order valence-electron chi connectivity index (χ4n) is 3.28. The number of amides is 1. The number of halogens is 3. The van der Waals surface area contributed by atoms with Gasteiger partial charge in [-0.15, -0.1) is 10.2 Å². The zero-order chi connectivity index (χ0) is 19.7. The topological polar surface area (TPSA) is 46.1 Å². The van der Waals surface area contributed by atoms with Crippen molar-refractivity contribution in [1.82, 2.24) is 15.1 Å². The van der Waals surface area contributed by atoms with Crippen LogP contribution in [-0.2, 0) is 0 Å². The Morgan fingerprint density at radius 3 is 2.46 bits per heavy atom. The van der Waals surface area contributed by atoms with Crippen molar-refractivity contribution in [2.75, 3.05) is 13.1 Å². The summed E-state index contributed by atoms with van der Waals surface area (Å²) in [5.74, 6) is -1.11. The smallest absolute Gasteiger partial charge is 0.253 e. The van der Waals surface area contributed by atoms with E-state index in [1.165, 1.54) is 23.5 Å². The summed E-state index contributed by atoms with van der Waals surface area (Å²) >= 11 is 7.19. The largest absolute Gasteiger partial charge is 0.339 e. The molecular formula is C20H16ClF2N3OS. The van der Waals surface area contributed by atoms with Crippen LogP contribution in [0, 0.1) is 11.6 Å². The minimum absolute atomic E-state index is 0.0125. The molecular weight excluding hydrogens is 404 g/mol. The molecule has 0 radical (unpaired) electrons. The van der Waals surface area contributed by atoms with Crippen molar-refractivity contribution >= 4 is 28.8 Å². The molecule has 0 aliphatic carbocycles. The predicted molar refractivity (Wildman–Crippen MR) is 105 cm³/mol. The van der Waals surface area contributed by atoms with Gasteiger partial charge in [-0.05, 0) is 49.2 Å². The number of carbonyl (C=O) groups excluding carboxylic acids is 1. The normalized spacial score (nSPS) is 15.0. The molecule has 4 nitrogen and oxygen atoms in total. The monoisotopic (exact) mass is 419 g/mol. The molecule has 2 aromatic carbocycles. The number of nitrogens with zero attached hydrogens (tertiary/aromatic N) is 3. The first-order valence-corrected chi connectivity index (χ1v) is 10.0. The van der Waals surface area contributed by atoms with E-state index in [1.807, 2.05) is 4.90 Å². The van der Waals surface area contributed by atoms with Crippen LogP contribution in [0.25, 0.3) is 10.6 Å². The third-order valence-corrected chi connectivity index (χ3v) is 6.20. The van der Waals surface area contributed by atoms with Crippen molar-refractivity contribution in [2.24, 2.45) is 0 Å². The van der Waals surface area contributed by atoms with Gasteiger partial charge in [0.05, 0.1) is 0 Å². The lowest BCUT2D eigenvalue weighted by molar-refractivity contribution is 0.0713. The van der Waals surface area contributed by atoms with Crippen molar-refractivity contribution in [1.29, 1.82) is 0 Å². The van der Waals surface area contributed by atoms with Crippen LogP contribution < -0.4 is 0 Å². The Bertz CT molecular complexity index is 1000. The lowest BCUT2D eigenvalue weighted by Gasteiger charge is -2.31. The van der Waals surface area contributed by atoms with Crippen LogP contribution in [0.3, 0.4) is 0 Å². The summed E-state index contributed by atoms with van der Waals surface area (Å²) in [6, 6.07) is 10.3. The summed E-state index contributed by atoms with van der Waals surface area (Å²) in [5.41, 5.74) is 0.869. The SMILES string of the molecule is O=C(c1ccc(Cl)cc1)N1CCC(c2nnc(-c3ccc(F)cc3F)s2)CC1. The van der Waals surface area contributed by atoms with Gasteiger partial charge in [-0.3, -0.25) is 4.79 Å². The van der Waals surface area contributed by atoms with Crippen LogP contribution >= 0.6 is 22.9 Å². The molecule has 1 saturated heterocycles. The summed E-state index contributed by atoms with van der Waals surface area (Å²) < 4.78 is 27.1. The van der Waals surface area contributed by atoms with Gasteiger partial charge in [-0.1, -0.05) is 22.9 Å². The number of hydrogen-bond donors (Lipinski definition) is 0. The van der Waals surface area contributed by atoms with Crippen LogP contribution in [-0.4, -0.2) is 34.1 Å². The first kappa shape index (κ1) is 19.0. The molecule has 1 aromatic heterocycles. The van der Waals surface area contributed by atoms with Gasteiger partial charge >= 0.3 is 0 Å². The Kier molecular flexibility index (Phi) is 5.37. The number of aromatic nitrogens is 2. The Labute approximate surface area is 169 Å². The van der Waals surface area contributed by atoms with Crippen LogP contribution in [0.2, 0.25) is 5.02 Å². The Morgan fingerprint density at radius 1 is 1.07 bits per heavy atom. The van der Waals surface area contributed by atoms with Gasteiger partial charge in [0, 0.05) is 41.2 Å². The van der Waals surface area contributed by atoms with E-state index in [-0.39, 0.29) is 17.4 Å². The van der Waals surface area contributed by atoms with Crippen molar-refractivity contribution in [3.05, 3.63) is 69.7 Å². The van der Waals surface area contributed by atoms with Gasteiger partial charge < -0.3 is 4.90 Å². The average molecular weight is 420 g/mol. The number of likely N-dealkylation sites (tertiary alicyclic amines) is 1. The maximum absolute atomic E-state index is 14.0. The first-order valence-electron chi connectivity index (χ1n) is 8.85. The van der Waals surface area contributed by atoms with Crippen molar-refractivity contribution in [3.63, 3.8) is 0 Å². The van der Waals surface area contributed by atoms with E-state index in [0.717, 1.165) is 23.9 Å². The molecule has 0 unspecified atom stereocenters. The Balaban J connectivity index is 1.42. The molecule has 2 heterocycles. The fraction of sp³-hybridized carbons (Fsp3) is 0.250. The molecule has 4 rings (SSSR count). The molecule has 0 bridgehead atoms. The highest BCUT2D eigenvalue weighted by Gasteiger charge is 2.27. The highest BCUT2D eigenvalue weighted by molar-refractivity contribution is 7.14. The second-order valence-electron chi connectivity index (χ2n) is 6.64. The number of carbonyl (C=O) groups is 1. The number of hydrogen-bond acceptors (Lipinski definition) is 4. The maximum Gasteiger partial charge on any atom is 0.253 e. The molecule has 1 amide bonds. The molecule has 0 spiro atoms. The molecule has 3 aromatic rings. The zero-order valence-electron chi connectivity index (χ0n) is 14.7. The molecule has 28 heavy (non-hydrogen) atoms. The standard InChI is InChI=1S/C20H16ClF2N3OS/c21-14-3-1-13(2-4-14)20(27)26-9-7-12(8-10-26)18-24-25-19(28-18)16-6-5-15(22)11-17(16)23/h1-6,11-12H,7-10H2. The molecule has 0 saturated carbocycles. The summed E-state index contributed by atoms with van der Waals surface area (Å²) in [6.45, 7) is 1.23. The third-order valence-electron chi connectivity index (χ3n) is 4.82. The second-order valence-corrected chi connectivity index (χ2v) is 8.09. The van der Waals surface area contributed by atoms with Crippen LogP contribution in [0.5, 0.6) is 0 Å². The highest BCUT2D eigenvalue weighted by atomic mass is 35.5. The Hall–Kier alpha value is -2.38. The molecule has 144 valence electrons. The first-order chi connectivity index (χ1) is 13.5. The Morgan fingerprint density at radius 2 is 1.79 bits per heavy atom. The maximum atomic E-state index is 14.0. The van der Waals surface area contributed by atoms with Gasteiger partial charge in [0.1, 0.15) is 16.6 Å². The summed E-state index contributed by atoms with van der Waals surface area (Å²) in [5, 5.41) is 10.1.